The number of carbonyl (C=O) groups excluding carboxylic acids is 3. The quantitative estimate of drug-likeness (QED) is 0.573. The maximum Gasteiger partial charge on any atom is 0.256 e. The summed E-state index contributed by atoms with van der Waals surface area (Å²) in [6, 6.07) is 10.2. The predicted octanol–water partition coefficient (Wildman–Crippen LogP) is 4.56. The smallest absolute Gasteiger partial charge is 0.256 e. The lowest BCUT2D eigenvalue weighted by molar-refractivity contribution is -0.121. The highest BCUT2D eigenvalue weighted by atomic mass is 35.5. The van der Waals surface area contributed by atoms with Crippen molar-refractivity contribution in [3.63, 3.8) is 0 Å². The van der Waals surface area contributed by atoms with Gasteiger partial charge in [-0.05, 0) is 71.1 Å². The molecule has 2 unspecified atom stereocenters. The van der Waals surface area contributed by atoms with Crippen LogP contribution in [0.4, 0.5) is 10.1 Å². The third-order valence-corrected chi connectivity index (χ3v) is 7.02. The van der Waals surface area contributed by atoms with Crippen LogP contribution in [0.3, 0.4) is 0 Å². The summed E-state index contributed by atoms with van der Waals surface area (Å²) in [5.41, 5.74) is 3.11. The van der Waals surface area contributed by atoms with Gasteiger partial charge in [-0.25, -0.2) is 4.39 Å². The Labute approximate surface area is 198 Å². The van der Waals surface area contributed by atoms with Crippen LogP contribution < -0.4 is 10.6 Å². The summed E-state index contributed by atoms with van der Waals surface area (Å²) in [6.07, 6.45) is 0.777. The van der Waals surface area contributed by atoms with E-state index >= 15 is 0 Å². The number of fused-ring (bicyclic) bond motifs is 2. The number of anilines is 1. The van der Waals surface area contributed by atoms with Crippen LogP contribution in [-0.2, 0) is 4.79 Å². The molecule has 0 saturated carbocycles. The Morgan fingerprint density at radius 1 is 1.15 bits per heavy atom. The molecular formula is C24H19ClFN3O3S. The molecule has 0 aliphatic carbocycles. The molecule has 0 bridgehead atoms. The summed E-state index contributed by atoms with van der Waals surface area (Å²) in [7, 11) is 0. The first-order valence-electron chi connectivity index (χ1n) is 10.4. The van der Waals surface area contributed by atoms with Gasteiger partial charge in [0, 0.05) is 18.2 Å². The number of hydrogen-bond acceptors (Lipinski definition) is 4. The second kappa shape index (κ2) is 8.61. The molecule has 3 aromatic rings. The van der Waals surface area contributed by atoms with Gasteiger partial charge in [0.2, 0.25) is 5.91 Å². The van der Waals surface area contributed by atoms with Crippen LogP contribution in [0.2, 0.25) is 5.02 Å². The average Bonchev–Trinajstić information content (AvgIpc) is 3.32. The van der Waals surface area contributed by atoms with E-state index in [9.17, 15) is 18.8 Å². The minimum absolute atomic E-state index is 0.134. The van der Waals surface area contributed by atoms with Gasteiger partial charge < -0.3 is 15.5 Å². The zero-order chi connectivity index (χ0) is 23.1. The maximum atomic E-state index is 13.4. The van der Waals surface area contributed by atoms with Crippen molar-refractivity contribution in [2.24, 2.45) is 0 Å². The van der Waals surface area contributed by atoms with Gasteiger partial charge in [0.15, 0.2) is 0 Å². The Kier molecular flexibility index (Phi) is 5.64. The lowest BCUT2D eigenvalue weighted by atomic mass is 9.95. The Morgan fingerprint density at radius 3 is 2.76 bits per heavy atom. The van der Waals surface area contributed by atoms with Gasteiger partial charge in [-0.2, -0.15) is 11.3 Å². The molecule has 6 nitrogen and oxygen atoms in total. The summed E-state index contributed by atoms with van der Waals surface area (Å²) >= 11 is 7.36. The fraction of sp³-hybridized carbons (Fsp3) is 0.208. The number of rotatable bonds is 3. The Balaban J connectivity index is 1.35. The summed E-state index contributed by atoms with van der Waals surface area (Å²) < 4.78 is 13.4. The minimum atomic E-state index is -0.703. The summed E-state index contributed by atoms with van der Waals surface area (Å²) in [6.45, 7) is 0.328. The molecule has 0 radical (unpaired) electrons. The zero-order valence-corrected chi connectivity index (χ0v) is 18.9. The van der Waals surface area contributed by atoms with Crippen LogP contribution in [-0.4, -0.2) is 41.2 Å². The largest absolute Gasteiger partial charge is 0.349 e. The minimum Gasteiger partial charge on any atom is -0.349 e. The first-order chi connectivity index (χ1) is 15.9. The van der Waals surface area contributed by atoms with Gasteiger partial charge >= 0.3 is 0 Å². The SMILES string of the molecule is O=C(NC1CCN2C(=O)c3cc(-c4ccsc4)ccc3NC(=O)C2C1)c1ccc(F)c(Cl)c1. The number of thiophene rings is 1. The molecule has 2 aromatic carbocycles. The lowest BCUT2D eigenvalue weighted by Gasteiger charge is -2.37. The van der Waals surface area contributed by atoms with Crippen LogP contribution in [0.25, 0.3) is 11.1 Å². The van der Waals surface area contributed by atoms with Crippen LogP contribution in [0.1, 0.15) is 33.6 Å². The maximum absolute atomic E-state index is 13.4. The predicted molar refractivity (Wildman–Crippen MR) is 125 cm³/mol. The third kappa shape index (κ3) is 4.12. The highest BCUT2D eigenvalue weighted by Gasteiger charge is 2.40. The van der Waals surface area contributed by atoms with E-state index in [2.05, 4.69) is 10.6 Å². The molecule has 1 saturated heterocycles. The fourth-order valence-electron chi connectivity index (χ4n) is 4.30. The fourth-order valence-corrected chi connectivity index (χ4v) is 5.15. The van der Waals surface area contributed by atoms with Gasteiger partial charge in [-0.1, -0.05) is 17.7 Å². The molecule has 5 rings (SSSR count). The van der Waals surface area contributed by atoms with Gasteiger partial charge in [0.25, 0.3) is 11.8 Å². The van der Waals surface area contributed by atoms with Crippen LogP contribution in [0, 0.1) is 5.82 Å². The molecule has 3 amide bonds. The van der Waals surface area contributed by atoms with E-state index in [4.69, 9.17) is 11.6 Å². The molecule has 2 N–H and O–H groups in total. The van der Waals surface area contributed by atoms with Crippen LogP contribution >= 0.6 is 22.9 Å². The molecule has 9 heteroatoms. The lowest BCUT2D eigenvalue weighted by Crippen LogP contribution is -2.55. The van der Waals surface area contributed by atoms with E-state index in [1.165, 1.54) is 12.1 Å². The molecule has 1 aromatic heterocycles. The van der Waals surface area contributed by atoms with Crippen molar-refractivity contribution < 1.29 is 18.8 Å². The van der Waals surface area contributed by atoms with E-state index < -0.39 is 17.8 Å². The van der Waals surface area contributed by atoms with Crippen molar-refractivity contribution >= 4 is 46.3 Å². The van der Waals surface area contributed by atoms with Crippen molar-refractivity contribution in [3.05, 3.63) is 75.2 Å². The first-order valence-corrected chi connectivity index (χ1v) is 11.8. The first kappa shape index (κ1) is 21.6. The number of hydrogen-bond donors (Lipinski definition) is 2. The van der Waals surface area contributed by atoms with Crippen molar-refractivity contribution in [1.82, 2.24) is 10.2 Å². The number of halogens is 2. The third-order valence-electron chi connectivity index (χ3n) is 6.05. The molecule has 2 aliphatic heterocycles. The topological polar surface area (TPSA) is 78.5 Å². The van der Waals surface area contributed by atoms with Gasteiger partial charge in [0.1, 0.15) is 11.9 Å². The molecule has 168 valence electrons. The van der Waals surface area contributed by atoms with Crippen molar-refractivity contribution in [1.29, 1.82) is 0 Å². The van der Waals surface area contributed by atoms with Gasteiger partial charge in [-0.15, -0.1) is 0 Å². The molecule has 0 spiro atoms. The standard InChI is InChI=1S/C24H19ClFN3O3S/c25-18-10-14(1-3-19(18)26)22(30)27-16-5-7-29-21(11-16)23(31)28-20-4-2-13(9-17(20)24(29)32)15-6-8-33-12-15/h1-4,6,8-10,12,16,21H,5,7,11H2,(H,27,30)(H,28,31). The summed E-state index contributed by atoms with van der Waals surface area (Å²) in [5, 5.41) is 9.60. The van der Waals surface area contributed by atoms with E-state index in [0.29, 0.717) is 24.2 Å². The number of nitrogens with one attached hydrogen (secondary N) is 2. The van der Waals surface area contributed by atoms with E-state index in [1.54, 1.807) is 22.3 Å². The van der Waals surface area contributed by atoms with Crippen molar-refractivity contribution in [3.8, 4) is 11.1 Å². The Bertz CT molecular complexity index is 1260. The molecule has 3 heterocycles. The number of amides is 3. The highest BCUT2D eigenvalue weighted by Crippen LogP contribution is 2.32. The Morgan fingerprint density at radius 2 is 2.00 bits per heavy atom. The van der Waals surface area contributed by atoms with Gasteiger partial charge in [-0.3, -0.25) is 14.4 Å². The van der Waals surface area contributed by atoms with E-state index in [0.717, 1.165) is 17.2 Å². The molecule has 2 aliphatic rings. The van der Waals surface area contributed by atoms with Crippen LogP contribution in [0.5, 0.6) is 0 Å². The molecule has 1 fully saturated rings. The second-order valence-electron chi connectivity index (χ2n) is 8.10. The summed E-state index contributed by atoms with van der Waals surface area (Å²) in [4.78, 5) is 40.5. The number of carbonyl (C=O) groups is 3. The van der Waals surface area contributed by atoms with Gasteiger partial charge in [0.05, 0.1) is 16.3 Å². The molecular weight excluding hydrogens is 465 g/mol. The van der Waals surface area contributed by atoms with Crippen LogP contribution in [0.15, 0.2) is 53.2 Å². The monoisotopic (exact) mass is 483 g/mol. The zero-order valence-electron chi connectivity index (χ0n) is 17.3. The normalized spacial score (nSPS) is 19.9. The van der Waals surface area contributed by atoms with Crippen molar-refractivity contribution in [2.75, 3.05) is 11.9 Å². The summed E-state index contributed by atoms with van der Waals surface area (Å²) in [5.74, 6) is -1.49. The highest BCUT2D eigenvalue weighted by molar-refractivity contribution is 7.08. The average molecular weight is 484 g/mol. The Hall–Kier alpha value is -3.23. The van der Waals surface area contributed by atoms with E-state index in [1.807, 2.05) is 29.0 Å². The second-order valence-corrected chi connectivity index (χ2v) is 9.29. The van der Waals surface area contributed by atoms with Crippen molar-refractivity contribution in [2.45, 2.75) is 24.9 Å². The number of benzene rings is 2. The number of piperidine rings is 1. The molecule has 33 heavy (non-hydrogen) atoms. The molecule has 2 atom stereocenters. The van der Waals surface area contributed by atoms with E-state index in [-0.39, 0.29) is 34.9 Å². The number of nitrogens with zero attached hydrogens (tertiary/aromatic N) is 1.